The Labute approximate surface area is 273 Å². The number of carbonyl (C=O) groups is 1. The Morgan fingerprint density at radius 3 is 2.26 bits per heavy atom. The molecule has 1 fully saturated rings. The zero-order chi connectivity index (χ0) is 33.5. The highest BCUT2D eigenvalue weighted by Crippen LogP contribution is 2.34. The molecule has 12 nitrogen and oxygen atoms in total. The molecule has 6 rings (SSSR count). The Morgan fingerprint density at radius 2 is 1.62 bits per heavy atom. The van der Waals surface area contributed by atoms with Gasteiger partial charge in [0.25, 0.3) is 5.91 Å². The number of hydrogen-bond acceptors (Lipinski definition) is 10. The van der Waals surface area contributed by atoms with Crippen molar-refractivity contribution in [2.75, 3.05) is 30.3 Å². The summed E-state index contributed by atoms with van der Waals surface area (Å²) in [6.45, 7) is 0.316. The molecule has 2 aromatic heterocycles. The molecule has 6 N–H and O–H groups in total. The highest BCUT2D eigenvalue weighted by molar-refractivity contribution is 5.85. The van der Waals surface area contributed by atoms with Crippen molar-refractivity contribution in [1.29, 1.82) is 0 Å². The smallest absolute Gasteiger partial charge is 0.252 e. The number of carbonyl (C=O) groups excluding carboxylic acids is 1. The van der Waals surface area contributed by atoms with Gasteiger partial charge in [-0.15, -0.1) is 0 Å². The topological polar surface area (TPSA) is 167 Å². The number of aromatic nitrogens is 4. The molecule has 244 valence electrons. The third-order valence-electron chi connectivity index (χ3n) is 8.25. The van der Waals surface area contributed by atoms with Crippen LogP contribution in [0.2, 0.25) is 0 Å². The zero-order valence-electron chi connectivity index (χ0n) is 26.7. The van der Waals surface area contributed by atoms with Gasteiger partial charge in [0.15, 0.2) is 29.3 Å². The number of nitrogens with one attached hydrogen (secondary N) is 3. The van der Waals surface area contributed by atoms with E-state index in [-0.39, 0.29) is 37.6 Å². The molecule has 12 heteroatoms. The summed E-state index contributed by atoms with van der Waals surface area (Å²) in [7, 11) is 0. The summed E-state index contributed by atoms with van der Waals surface area (Å²) in [5.74, 6) is -0.0419. The van der Waals surface area contributed by atoms with Gasteiger partial charge in [0.1, 0.15) is 12.2 Å². The van der Waals surface area contributed by atoms with Crippen LogP contribution in [0.3, 0.4) is 0 Å². The number of hydrogen-bond donors (Lipinski definition) is 6. The van der Waals surface area contributed by atoms with Gasteiger partial charge in [-0.05, 0) is 30.0 Å². The number of ether oxygens (including phenoxy) is 1. The predicted molar refractivity (Wildman–Crippen MR) is 178 cm³/mol. The van der Waals surface area contributed by atoms with Crippen LogP contribution in [0.1, 0.15) is 37.1 Å². The molecular formula is C35H39N7O5. The zero-order valence-corrected chi connectivity index (χ0v) is 25.7. The van der Waals surface area contributed by atoms with Gasteiger partial charge >= 0.3 is 0 Å². The number of aliphatic hydroxyl groups is 3. The van der Waals surface area contributed by atoms with Crippen LogP contribution >= 0.6 is 0 Å². The number of benzene rings is 3. The minimum atomic E-state index is -1.52. The predicted octanol–water partition coefficient (Wildman–Crippen LogP) is 2.84. The maximum atomic E-state index is 12.6. The van der Waals surface area contributed by atoms with E-state index < -0.39 is 36.5 Å². The number of imidazole rings is 1. The van der Waals surface area contributed by atoms with Crippen molar-refractivity contribution in [3.05, 3.63) is 114 Å². The van der Waals surface area contributed by atoms with E-state index >= 15 is 0 Å². The van der Waals surface area contributed by atoms with E-state index in [1.165, 1.54) is 10.9 Å². The summed E-state index contributed by atoms with van der Waals surface area (Å²) in [5.41, 5.74) is 3.91. The van der Waals surface area contributed by atoms with Crippen molar-refractivity contribution in [2.45, 2.75) is 49.8 Å². The molecule has 1 unspecified atom stereocenters. The average molecular weight is 639 g/mol. The van der Waals surface area contributed by atoms with Crippen molar-refractivity contribution in [3.63, 3.8) is 0 Å². The second kappa shape index (κ2) is 14.7. The van der Waals surface area contributed by atoms with E-state index in [9.17, 15) is 20.1 Å². The van der Waals surface area contributed by atoms with Gasteiger partial charge in [-0.2, -0.15) is 9.97 Å². The van der Waals surface area contributed by atoms with E-state index in [4.69, 9.17) is 16.1 Å². The fourth-order valence-electron chi connectivity index (χ4n) is 5.86. The first-order valence-electron chi connectivity index (χ1n) is 16.3. The Hall–Kier alpha value is -4.88. The summed E-state index contributed by atoms with van der Waals surface area (Å²) >= 11 is 0. The van der Waals surface area contributed by atoms with Crippen LogP contribution in [0.5, 0.6) is 0 Å². The standard InChI is InChI=1S/C35H39N7O5/c1-2-36-33(46)30-28(44)29(45)34(47-30)42-21-38-27-31(37-19-26(23-14-8-4-9-15-23)24-16-10-5-11-17-24)40-35(41-32(27)42)39-25(20-43)18-22-12-6-3-7-13-22/h3-17,21,25-26,28-30,34,43-45H,2,18-20H2,1H3,(H,36,46)(H2,37,39,40,41)/t25?,28-,29+,30-,34+/m0/s1/i1D. The lowest BCUT2D eigenvalue weighted by Gasteiger charge is -2.21. The quantitative estimate of drug-likeness (QED) is 0.113. The van der Waals surface area contributed by atoms with Crippen molar-refractivity contribution in [3.8, 4) is 0 Å². The van der Waals surface area contributed by atoms with Crippen LogP contribution in [0.4, 0.5) is 11.8 Å². The number of nitrogens with zero attached hydrogens (tertiary/aromatic N) is 4. The fourth-order valence-corrected chi connectivity index (χ4v) is 5.86. The molecule has 0 aliphatic carbocycles. The molecule has 1 saturated heterocycles. The van der Waals surface area contributed by atoms with Crippen molar-refractivity contribution < 1.29 is 26.2 Å². The lowest BCUT2D eigenvalue weighted by molar-refractivity contribution is -0.137. The van der Waals surface area contributed by atoms with Crippen LogP contribution in [-0.2, 0) is 16.0 Å². The molecule has 5 aromatic rings. The largest absolute Gasteiger partial charge is 0.394 e. The molecule has 5 atom stereocenters. The van der Waals surface area contributed by atoms with Gasteiger partial charge < -0.3 is 36.0 Å². The molecule has 1 aliphatic heterocycles. The van der Waals surface area contributed by atoms with E-state index in [0.717, 1.165) is 16.7 Å². The van der Waals surface area contributed by atoms with E-state index in [0.29, 0.717) is 24.3 Å². The van der Waals surface area contributed by atoms with Gasteiger partial charge in [0, 0.05) is 20.4 Å². The maximum absolute atomic E-state index is 12.6. The van der Waals surface area contributed by atoms with Gasteiger partial charge in [-0.25, -0.2) is 4.98 Å². The van der Waals surface area contributed by atoms with Crippen LogP contribution in [0.15, 0.2) is 97.3 Å². The Balaban J connectivity index is 1.35. The molecule has 0 saturated carbocycles. The Morgan fingerprint density at radius 1 is 0.957 bits per heavy atom. The number of likely N-dealkylation sites (N-methyl/N-ethyl adjacent to an activating group) is 1. The Kier molecular flexibility index (Phi) is 9.61. The summed E-state index contributed by atoms with van der Waals surface area (Å²) < 4.78 is 14.7. The van der Waals surface area contributed by atoms with E-state index in [2.05, 4.69) is 45.2 Å². The van der Waals surface area contributed by atoms with Gasteiger partial charge in [0.05, 0.1) is 19.0 Å². The highest BCUT2D eigenvalue weighted by Gasteiger charge is 2.47. The van der Waals surface area contributed by atoms with E-state index in [1.807, 2.05) is 66.7 Å². The van der Waals surface area contributed by atoms with Crippen molar-refractivity contribution in [1.82, 2.24) is 24.8 Å². The van der Waals surface area contributed by atoms with Crippen LogP contribution in [0.25, 0.3) is 11.2 Å². The minimum Gasteiger partial charge on any atom is -0.394 e. The maximum Gasteiger partial charge on any atom is 0.252 e. The normalized spacial score (nSPS) is 20.2. The molecule has 1 amide bonds. The molecule has 0 bridgehead atoms. The lowest BCUT2D eigenvalue weighted by Crippen LogP contribution is -2.42. The van der Waals surface area contributed by atoms with E-state index in [1.54, 1.807) is 0 Å². The fraction of sp³-hybridized carbons (Fsp3) is 0.314. The minimum absolute atomic E-state index is 0.0303. The van der Waals surface area contributed by atoms with Crippen LogP contribution in [-0.4, -0.2) is 84.8 Å². The van der Waals surface area contributed by atoms with Crippen molar-refractivity contribution >= 4 is 28.8 Å². The summed E-state index contributed by atoms with van der Waals surface area (Å²) in [5, 5.41) is 41.3. The Bertz CT molecular complexity index is 1740. The number of anilines is 2. The molecule has 3 aromatic carbocycles. The van der Waals surface area contributed by atoms with Crippen molar-refractivity contribution in [2.24, 2.45) is 0 Å². The average Bonchev–Trinajstić information content (AvgIpc) is 3.68. The molecule has 1 aliphatic rings. The summed E-state index contributed by atoms with van der Waals surface area (Å²) in [6, 6.07) is 29.6. The highest BCUT2D eigenvalue weighted by atomic mass is 16.6. The summed E-state index contributed by atoms with van der Waals surface area (Å²) in [6.07, 6.45) is -3.59. The monoisotopic (exact) mass is 638 g/mol. The van der Waals surface area contributed by atoms with Crippen LogP contribution < -0.4 is 16.0 Å². The number of aliphatic hydroxyl groups excluding tert-OH is 3. The number of fused-ring (bicyclic) bond motifs is 1. The molecular weight excluding hydrogens is 598 g/mol. The second-order valence-corrected chi connectivity index (χ2v) is 11.4. The molecule has 0 radical (unpaired) electrons. The van der Waals surface area contributed by atoms with Crippen LogP contribution in [0, 0.1) is 0 Å². The first-order chi connectivity index (χ1) is 23.5. The molecule has 0 spiro atoms. The third kappa shape index (κ3) is 7.10. The number of amides is 1. The second-order valence-electron chi connectivity index (χ2n) is 11.4. The molecule has 47 heavy (non-hydrogen) atoms. The first-order valence-corrected chi connectivity index (χ1v) is 15.5. The molecule has 3 heterocycles. The van der Waals surface area contributed by atoms with Gasteiger partial charge in [0.2, 0.25) is 5.95 Å². The van der Waals surface area contributed by atoms with Gasteiger partial charge in [-0.1, -0.05) is 91.0 Å². The lowest BCUT2D eigenvalue weighted by atomic mass is 9.91. The van der Waals surface area contributed by atoms with Gasteiger partial charge in [-0.3, -0.25) is 9.36 Å². The third-order valence-corrected chi connectivity index (χ3v) is 8.25. The number of rotatable bonds is 13. The SMILES string of the molecule is [2H]CCNC(=O)[C@H]1O[C@@H](n2cnc3c(NCC(c4ccccc4)c4ccccc4)nc(NC(CO)Cc4ccccc4)nc32)[C@H](O)[C@@H]1O. The first kappa shape index (κ1) is 30.8. The summed E-state index contributed by atoms with van der Waals surface area (Å²) in [4.78, 5) is 26.7.